The largest absolute Gasteiger partial charge is 0.322 e. The molecule has 1 N–H and O–H groups in total. The van der Waals surface area contributed by atoms with Crippen LogP contribution >= 0.6 is 15.9 Å². The van der Waals surface area contributed by atoms with E-state index in [0.717, 1.165) is 4.90 Å². The predicted octanol–water partition coefficient (Wildman–Crippen LogP) is 2.93. The SMILES string of the molecule is CN1C(=O)c2ccc(NC(=O)c3ccccc3Br)cc2C1=O. The van der Waals surface area contributed by atoms with Crippen LogP contribution in [0.3, 0.4) is 0 Å². The van der Waals surface area contributed by atoms with Crippen LogP contribution in [0.1, 0.15) is 31.1 Å². The fourth-order valence-corrected chi connectivity index (χ4v) is 2.75. The Balaban J connectivity index is 1.90. The van der Waals surface area contributed by atoms with Crippen LogP contribution in [0.5, 0.6) is 0 Å². The van der Waals surface area contributed by atoms with E-state index in [9.17, 15) is 14.4 Å². The molecule has 0 saturated carbocycles. The first-order chi connectivity index (χ1) is 10.5. The maximum absolute atomic E-state index is 12.2. The fraction of sp³-hybridized carbons (Fsp3) is 0.0625. The Hall–Kier alpha value is -2.47. The number of nitrogens with one attached hydrogen (secondary N) is 1. The average molecular weight is 359 g/mol. The third-order valence-electron chi connectivity index (χ3n) is 3.47. The molecular weight excluding hydrogens is 348 g/mol. The molecule has 0 aliphatic carbocycles. The molecule has 0 fully saturated rings. The standard InChI is InChI=1S/C16H11BrN2O3/c1-19-15(21)10-7-6-9(8-12(10)16(19)22)18-14(20)11-4-2-3-5-13(11)17/h2-8H,1H3,(H,18,20). The van der Waals surface area contributed by atoms with E-state index in [2.05, 4.69) is 21.2 Å². The Kier molecular flexibility index (Phi) is 3.54. The second-order valence-electron chi connectivity index (χ2n) is 4.86. The van der Waals surface area contributed by atoms with E-state index in [4.69, 9.17) is 0 Å². The minimum absolute atomic E-state index is 0.294. The van der Waals surface area contributed by atoms with Crippen molar-refractivity contribution in [2.75, 3.05) is 12.4 Å². The average Bonchev–Trinajstić information content (AvgIpc) is 2.72. The molecule has 0 aromatic heterocycles. The summed E-state index contributed by atoms with van der Waals surface area (Å²) in [5.74, 6) is -0.988. The van der Waals surface area contributed by atoms with E-state index >= 15 is 0 Å². The number of imide groups is 1. The highest BCUT2D eigenvalue weighted by molar-refractivity contribution is 9.10. The lowest BCUT2D eigenvalue weighted by Gasteiger charge is -2.07. The fourth-order valence-electron chi connectivity index (χ4n) is 2.28. The molecule has 22 heavy (non-hydrogen) atoms. The van der Waals surface area contributed by atoms with Gasteiger partial charge in [-0.05, 0) is 46.3 Å². The molecule has 3 rings (SSSR count). The number of fused-ring (bicyclic) bond motifs is 1. The number of anilines is 1. The molecule has 1 heterocycles. The maximum Gasteiger partial charge on any atom is 0.261 e. The molecule has 0 radical (unpaired) electrons. The van der Waals surface area contributed by atoms with Gasteiger partial charge in [-0.25, -0.2) is 0 Å². The number of hydrogen-bond acceptors (Lipinski definition) is 3. The zero-order valence-electron chi connectivity index (χ0n) is 11.6. The minimum atomic E-state index is -0.364. The van der Waals surface area contributed by atoms with E-state index in [0.29, 0.717) is 26.9 Å². The van der Waals surface area contributed by atoms with Crippen molar-refractivity contribution in [1.82, 2.24) is 4.90 Å². The van der Waals surface area contributed by atoms with Gasteiger partial charge >= 0.3 is 0 Å². The van der Waals surface area contributed by atoms with Gasteiger partial charge in [0.25, 0.3) is 17.7 Å². The van der Waals surface area contributed by atoms with Crippen LogP contribution < -0.4 is 5.32 Å². The van der Waals surface area contributed by atoms with E-state index < -0.39 is 0 Å². The number of rotatable bonds is 2. The molecule has 1 aliphatic rings. The van der Waals surface area contributed by atoms with Crippen molar-refractivity contribution in [3.05, 3.63) is 63.6 Å². The van der Waals surface area contributed by atoms with Crippen molar-refractivity contribution < 1.29 is 14.4 Å². The third-order valence-corrected chi connectivity index (χ3v) is 4.16. The van der Waals surface area contributed by atoms with Crippen molar-refractivity contribution in [1.29, 1.82) is 0 Å². The van der Waals surface area contributed by atoms with Crippen LogP contribution in [-0.2, 0) is 0 Å². The van der Waals surface area contributed by atoms with E-state index in [-0.39, 0.29) is 17.7 Å². The second-order valence-corrected chi connectivity index (χ2v) is 5.72. The van der Waals surface area contributed by atoms with Gasteiger partial charge in [0, 0.05) is 17.2 Å². The molecule has 3 amide bonds. The van der Waals surface area contributed by atoms with Gasteiger partial charge in [-0.15, -0.1) is 0 Å². The van der Waals surface area contributed by atoms with E-state index in [1.165, 1.54) is 13.1 Å². The molecule has 1 aliphatic heterocycles. The van der Waals surface area contributed by atoms with E-state index in [1.807, 2.05) is 6.07 Å². The van der Waals surface area contributed by atoms with Gasteiger partial charge in [-0.2, -0.15) is 0 Å². The lowest BCUT2D eigenvalue weighted by molar-refractivity contribution is 0.0692. The molecule has 0 saturated heterocycles. The molecule has 110 valence electrons. The molecule has 0 atom stereocenters. The molecule has 0 bridgehead atoms. The first kappa shape index (κ1) is 14.5. The first-order valence-electron chi connectivity index (χ1n) is 6.51. The summed E-state index contributed by atoms with van der Waals surface area (Å²) in [6, 6.07) is 11.7. The van der Waals surface area contributed by atoms with Crippen molar-refractivity contribution >= 4 is 39.3 Å². The van der Waals surface area contributed by atoms with Gasteiger partial charge in [0.15, 0.2) is 0 Å². The summed E-state index contributed by atoms with van der Waals surface area (Å²) in [5.41, 5.74) is 1.61. The minimum Gasteiger partial charge on any atom is -0.322 e. The number of nitrogens with zero attached hydrogens (tertiary/aromatic N) is 1. The molecule has 2 aromatic rings. The van der Waals surface area contributed by atoms with Crippen molar-refractivity contribution in [2.24, 2.45) is 0 Å². The van der Waals surface area contributed by atoms with Crippen LogP contribution in [0.2, 0.25) is 0 Å². The van der Waals surface area contributed by atoms with Gasteiger partial charge in [-0.1, -0.05) is 12.1 Å². The van der Waals surface area contributed by atoms with Crippen molar-refractivity contribution in [2.45, 2.75) is 0 Å². The van der Waals surface area contributed by atoms with Crippen molar-refractivity contribution in [3.8, 4) is 0 Å². The Morgan fingerprint density at radius 3 is 2.45 bits per heavy atom. The lowest BCUT2D eigenvalue weighted by atomic mass is 10.1. The number of benzene rings is 2. The zero-order chi connectivity index (χ0) is 15.9. The van der Waals surface area contributed by atoms with Gasteiger partial charge < -0.3 is 5.32 Å². The highest BCUT2D eigenvalue weighted by atomic mass is 79.9. The summed E-state index contributed by atoms with van der Waals surface area (Å²) in [5, 5.41) is 2.73. The van der Waals surface area contributed by atoms with Gasteiger partial charge in [-0.3, -0.25) is 19.3 Å². The summed E-state index contributed by atoms with van der Waals surface area (Å²) in [6.45, 7) is 0. The lowest BCUT2D eigenvalue weighted by Crippen LogP contribution is -2.24. The first-order valence-corrected chi connectivity index (χ1v) is 7.30. The number of hydrogen-bond donors (Lipinski definition) is 1. The summed E-state index contributed by atoms with van der Waals surface area (Å²) < 4.78 is 0.680. The molecular formula is C16H11BrN2O3. The van der Waals surface area contributed by atoms with Gasteiger partial charge in [0.05, 0.1) is 16.7 Å². The molecule has 2 aromatic carbocycles. The predicted molar refractivity (Wildman–Crippen MR) is 85.0 cm³/mol. The highest BCUT2D eigenvalue weighted by Gasteiger charge is 2.32. The summed E-state index contributed by atoms with van der Waals surface area (Å²) in [4.78, 5) is 37.1. The number of carbonyl (C=O) groups is 3. The smallest absolute Gasteiger partial charge is 0.261 e. The quantitative estimate of drug-likeness (QED) is 0.839. The van der Waals surface area contributed by atoms with Crippen LogP contribution in [0, 0.1) is 0 Å². The second kappa shape index (κ2) is 5.38. The summed E-state index contributed by atoms with van der Waals surface area (Å²) >= 11 is 3.32. The maximum atomic E-state index is 12.2. The van der Waals surface area contributed by atoms with E-state index in [1.54, 1.807) is 30.3 Å². The number of amides is 3. The highest BCUT2D eigenvalue weighted by Crippen LogP contribution is 2.25. The normalized spacial score (nSPS) is 13.3. The number of carbonyl (C=O) groups excluding carboxylic acids is 3. The molecule has 5 nitrogen and oxygen atoms in total. The zero-order valence-corrected chi connectivity index (χ0v) is 13.2. The topological polar surface area (TPSA) is 66.5 Å². The van der Waals surface area contributed by atoms with Crippen molar-refractivity contribution in [3.63, 3.8) is 0 Å². The molecule has 6 heteroatoms. The summed E-state index contributed by atoms with van der Waals surface area (Å²) in [6.07, 6.45) is 0. The Labute approximate surface area is 135 Å². The Bertz CT molecular complexity index is 817. The monoisotopic (exact) mass is 358 g/mol. The van der Waals surface area contributed by atoms with Crippen LogP contribution in [0.4, 0.5) is 5.69 Å². The van der Waals surface area contributed by atoms with Crippen LogP contribution in [-0.4, -0.2) is 29.7 Å². The van der Waals surface area contributed by atoms with Gasteiger partial charge in [0.1, 0.15) is 0 Å². The van der Waals surface area contributed by atoms with Crippen LogP contribution in [0.25, 0.3) is 0 Å². The van der Waals surface area contributed by atoms with Crippen LogP contribution in [0.15, 0.2) is 46.9 Å². The Morgan fingerprint density at radius 2 is 1.73 bits per heavy atom. The Morgan fingerprint density at radius 1 is 1.05 bits per heavy atom. The molecule has 0 unspecified atom stereocenters. The summed E-state index contributed by atoms with van der Waals surface area (Å²) in [7, 11) is 1.43. The number of halogens is 1. The molecule has 0 spiro atoms. The van der Waals surface area contributed by atoms with Gasteiger partial charge in [0.2, 0.25) is 0 Å². The third kappa shape index (κ3) is 2.31.